The van der Waals surface area contributed by atoms with Gasteiger partial charge in [-0.15, -0.1) is 0 Å². The fourth-order valence-electron chi connectivity index (χ4n) is 2.65. The van der Waals surface area contributed by atoms with Crippen molar-refractivity contribution in [3.8, 4) is 0 Å². The summed E-state index contributed by atoms with van der Waals surface area (Å²) in [5.41, 5.74) is 0. The van der Waals surface area contributed by atoms with E-state index in [9.17, 15) is 4.79 Å². The second-order valence-electron chi connectivity index (χ2n) is 5.67. The number of rotatable bonds is 7. The Bertz CT molecular complexity index is 246. The average Bonchev–Trinajstić information content (AvgIpc) is 2.59. The van der Waals surface area contributed by atoms with Crippen LogP contribution in [0.1, 0.15) is 26.2 Å². The zero-order chi connectivity index (χ0) is 12.8. The Balaban J connectivity index is 2.12. The van der Waals surface area contributed by atoms with Crippen LogP contribution in [0.4, 0.5) is 0 Å². The highest BCUT2D eigenvalue weighted by molar-refractivity contribution is 5.66. The van der Waals surface area contributed by atoms with Gasteiger partial charge in [-0.05, 0) is 51.9 Å². The molecular formula is C13H26N2O2. The van der Waals surface area contributed by atoms with Gasteiger partial charge < -0.3 is 14.9 Å². The van der Waals surface area contributed by atoms with Gasteiger partial charge in [0.05, 0.1) is 0 Å². The zero-order valence-corrected chi connectivity index (χ0v) is 11.4. The molecule has 17 heavy (non-hydrogen) atoms. The van der Waals surface area contributed by atoms with Gasteiger partial charge in [0.25, 0.3) is 0 Å². The molecule has 4 nitrogen and oxygen atoms in total. The molecule has 0 radical (unpaired) electrons. The molecule has 4 heteroatoms. The number of aliphatic carboxylic acids is 1. The van der Waals surface area contributed by atoms with Crippen LogP contribution in [-0.2, 0) is 4.79 Å². The van der Waals surface area contributed by atoms with Gasteiger partial charge in [-0.1, -0.05) is 6.92 Å². The van der Waals surface area contributed by atoms with Crippen molar-refractivity contribution in [2.45, 2.75) is 26.2 Å². The van der Waals surface area contributed by atoms with Crippen LogP contribution >= 0.6 is 0 Å². The number of carboxylic acids is 1. The monoisotopic (exact) mass is 242 g/mol. The molecule has 2 atom stereocenters. The van der Waals surface area contributed by atoms with Crippen molar-refractivity contribution in [2.24, 2.45) is 11.8 Å². The molecule has 1 aliphatic heterocycles. The molecule has 0 amide bonds. The van der Waals surface area contributed by atoms with Gasteiger partial charge in [0.1, 0.15) is 0 Å². The third-order valence-electron chi connectivity index (χ3n) is 3.55. The van der Waals surface area contributed by atoms with E-state index in [2.05, 4.69) is 23.9 Å². The summed E-state index contributed by atoms with van der Waals surface area (Å²) in [6.45, 7) is 6.42. The maximum Gasteiger partial charge on any atom is 0.303 e. The van der Waals surface area contributed by atoms with Crippen LogP contribution in [0.15, 0.2) is 0 Å². The molecule has 2 unspecified atom stereocenters. The summed E-state index contributed by atoms with van der Waals surface area (Å²) in [5, 5.41) is 8.70. The molecule has 1 heterocycles. The summed E-state index contributed by atoms with van der Waals surface area (Å²) in [5.74, 6) is 0.379. The fraction of sp³-hybridized carbons (Fsp3) is 0.923. The Hall–Kier alpha value is -0.610. The van der Waals surface area contributed by atoms with Crippen molar-refractivity contribution in [3.63, 3.8) is 0 Å². The van der Waals surface area contributed by atoms with E-state index < -0.39 is 5.97 Å². The van der Waals surface area contributed by atoms with E-state index >= 15 is 0 Å². The van der Waals surface area contributed by atoms with Gasteiger partial charge in [-0.25, -0.2) is 0 Å². The van der Waals surface area contributed by atoms with E-state index in [4.69, 9.17) is 5.11 Å². The first kappa shape index (κ1) is 14.5. The van der Waals surface area contributed by atoms with Crippen molar-refractivity contribution in [1.82, 2.24) is 9.80 Å². The molecule has 0 aliphatic carbocycles. The maximum absolute atomic E-state index is 10.6. The average molecular weight is 242 g/mol. The Morgan fingerprint density at radius 1 is 1.59 bits per heavy atom. The van der Waals surface area contributed by atoms with Crippen LogP contribution in [-0.4, -0.2) is 61.2 Å². The Labute approximate surface area is 105 Å². The predicted molar refractivity (Wildman–Crippen MR) is 69.1 cm³/mol. The predicted octanol–water partition coefficient (Wildman–Crippen LogP) is 1.37. The molecule has 0 aromatic heterocycles. The van der Waals surface area contributed by atoms with Gasteiger partial charge in [-0.2, -0.15) is 0 Å². The lowest BCUT2D eigenvalue weighted by molar-refractivity contribution is -0.138. The van der Waals surface area contributed by atoms with Crippen LogP contribution in [0, 0.1) is 11.8 Å². The van der Waals surface area contributed by atoms with Crippen molar-refractivity contribution in [2.75, 3.05) is 40.3 Å². The van der Waals surface area contributed by atoms with E-state index in [1.807, 2.05) is 6.92 Å². The molecular weight excluding hydrogens is 216 g/mol. The minimum absolute atomic E-state index is 0.240. The van der Waals surface area contributed by atoms with E-state index in [0.29, 0.717) is 0 Å². The van der Waals surface area contributed by atoms with Gasteiger partial charge in [0.15, 0.2) is 0 Å². The summed E-state index contributed by atoms with van der Waals surface area (Å²) in [4.78, 5) is 15.2. The van der Waals surface area contributed by atoms with Gasteiger partial charge >= 0.3 is 5.97 Å². The molecule has 1 saturated heterocycles. The third-order valence-corrected chi connectivity index (χ3v) is 3.55. The number of hydrogen-bond donors (Lipinski definition) is 1. The van der Waals surface area contributed by atoms with Crippen molar-refractivity contribution in [1.29, 1.82) is 0 Å². The zero-order valence-electron chi connectivity index (χ0n) is 11.4. The molecule has 0 aromatic rings. The molecule has 1 rings (SSSR count). The van der Waals surface area contributed by atoms with Crippen LogP contribution in [0.5, 0.6) is 0 Å². The molecule has 0 aromatic carbocycles. The third kappa shape index (κ3) is 6.03. The summed E-state index contributed by atoms with van der Waals surface area (Å²) in [6.07, 6.45) is 2.83. The topological polar surface area (TPSA) is 43.8 Å². The second kappa shape index (κ2) is 6.97. The number of carbonyl (C=O) groups is 1. The summed E-state index contributed by atoms with van der Waals surface area (Å²) in [7, 11) is 4.27. The number of hydrogen-bond acceptors (Lipinski definition) is 3. The molecule has 1 fully saturated rings. The first-order chi connectivity index (χ1) is 7.97. The van der Waals surface area contributed by atoms with Crippen LogP contribution in [0.3, 0.4) is 0 Å². The Morgan fingerprint density at radius 2 is 2.29 bits per heavy atom. The largest absolute Gasteiger partial charge is 0.481 e. The fourth-order valence-corrected chi connectivity index (χ4v) is 2.65. The number of likely N-dealkylation sites (tertiary alicyclic amines) is 1. The van der Waals surface area contributed by atoms with Crippen LogP contribution in [0.2, 0.25) is 0 Å². The molecule has 0 bridgehead atoms. The SMILES string of the molecule is CC(CC(=O)O)CN(C)CCC1CCN(C)C1. The number of nitrogens with zero attached hydrogens (tertiary/aromatic N) is 2. The second-order valence-corrected chi connectivity index (χ2v) is 5.67. The summed E-state index contributed by atoms with van der Waals surface area (Å²) < 4.78 is 0. The van der Waals surface area contributed by atoms with Gasteiger partial charge in [0.2, 0.25) is 0 Å². The standard InChI is InChI=1S/C13H26N2O2/c1-11(8-13(16)17)9-14(2)6-4-12-5-7-15(3)10-12/h11-12H,4-10H2,1-3H3,(H,16,17). The van der Waals surface area contributed by atoms with Gasteiger partial charge in [0, 0.05) is 19.5 Å². The highest BCUT2D eigenvalue weighted by Crippen LogP contribution is 2.18. The lowest BCUT2D eigenvalue weighted by atomic mass is 10.0. The summed E-state index contributed by atoms with van der Waals surface area (Å²) >= 11 is 0. The van der Waals surface area contributed by atoms with Crippen molar-refractivity contribution in [3.05, 3.63) is 0 Å². The van der Waals surface area contributed by atoms with E-state index in [1.54, 1.807) is 0 Å². The molecule has 1 aliphatic rings. The van der Waals surface area contributed by atoms with Crippen molar-refractivity contribution < 1.29 is 9.90 Å². The molecule has 1 N–H and O–H groups in total. The minimum atomic E-state index is -0.691. The Morgan fingerprint density at radius 3 is 2.82 bits per heavy atom. The first-order valence-electron chi connectivity index (χ1n) is 6.56. The van der Waals surface area contributed by atoms with Crippen molar-refractivity contribution >= 4 is 5.97 Å². The Kier molecular flexibility index (Phi) is 5.92. The first-order valence-corrected chi connectivity index (χ1v) is 6.56. The lowest BCUT2D eigenvalue weighted by Gasteiger charge is -2.21. The molecule has 0 spiro atoms. The molecule has 100 valence electrons. The maximum atomic E-state index is 10.6. The molecule has 0 saturated carbocycles. The quantitative estimate of drug-likeness (QED) is 0.732. The van der Waals surface area contributed by atoms with Gasteiger partial charge in [-0.3, -0.25) is 4.79 Å². The van der Waals surface area contributed by atoms with Crippen LogP contribution in [0.25, 0.3) is 0 Å². The lowest BCUT2D eigenvalue weighted by Crippen LogP contribution is -2.28. The van der Waals surface area contributed by atoms with Crippen LogP contribution < -0.4 is 0 Å². The smallest absolute Gasteiger partial charge is 0.303 e. The van der Waals surface area contributed by atoms with E-state index in [0.717, 1.165) is 19.0 Å². The van der Waals surface area contributed by atoms with E-state index in [-0.39, 0.29) is 12.3 Å². The number of carboxylic acid groups (broad SMARTS) is 1. The highest BCUT2D eigenvalue weighted by Gasteiger charge is 2.19. The minimum Gasteiger partial charge on any atom is -0.481 e. The highest BCUT2D eigenvalue weighted by atomic mass is 16.4. The summed E-state index contributed by atoms with van der Waals surface area (Å²) in [6, 6.07) is 0. The van der Waals surface area contributed by atoms with E-state index in [1.165, 1.54) is 25.9 Å². The normalized spacial score (nSPS) is 23.2.